The molecule has 2 atom stereocenters. The number of hydrogen-bond acceptors (Lipinski definition) is 4. The smallest absolute Gasteiger partial charge is 0.161 e. The van der Waals surface area contributed by atoms with E-state index in [1.807, 2.05) is 0 Å². The number of nitrogens with zero attached hydrogens (tertiary/aromatic N) is 1. The maximum atomic E-state index is 6.58. The molecule has 4 heteroatoms. The van der Waals surface area contributed by atoms with Crippen LogP contribution in [0, 0.1) is 6.92 Å². The van der Waals surface area contributed by atoms with Crippen molar-refractivity contribution in [1.29, 1.82) is 0 Å². The maximum Gasteiger partial charge on any atom is 0.161 e. The first-order chi connectivity index (χ1) is 12.6. The number of ether oxygens (including phenoxy) is 2. The Bertz CT molecular complexity index is 760. The Morgan fingerprint density at radius 1 is 1.15 bits per heavy atom. The largest absolute Gasteiger partial charge is 0.493 e. The van der Waals surface area contributed by atoms with Gasteiger partial charge >= 0.3 is 0 Å². The zero-order valence-electron chi connectivity index (χ0n) is 16.3. The highest BCUT2D eigenvalue weighted by molar-refractivity contribution is 5.50. The topological polar surface area (TPSA) is 47.7 Å². The lowest BCUT2D eigenvalue weighted by Crippen LogP contribution is -2.44. The highest BCUT2D eigenvalue weighted by Crippen LogP contribution is 2.40. The van der Waals surface area contributed by atoms with Gasteiger partial charge in [-0.05, 0) is 48.6 Å². The molecular formula is C22H30N2O2. The second-order valence-electron chi connectivity index (χ2n) is 7.13. The van der Waals surface area contributed by atoms with Gasteiger partial charge in [-0.3, -0.25) is 4.90 Å². The number of benzene rings is 2. The van der Waals surface area contributed by atoms with E-state index in [0.717, 1.165) is 37.4 Å². The lowest BCUT2D eigenvalue weighted by Gasteiger charge is -2.40. The summed E-state index contributed by atoms with van der Waals surface area (Å²) in [6.07, 6.45) is 1.93. The standard InChI is InChI=1S/C22H30N2O2/c1-5-19(23)22-18-13-21(26-4)20(25-3)12-17(18)9-10-24(22)14-16-8-6-7-15(2)11-16/h6-8,11-13,19,22H,5,9-10,14,23H2,1-4H3/t19-,22+/m1/s1. The molecule has 1 aliphatic rings. The quantitative estimate of drug-likeness (QED) is 0.856. The van der Waals surface area contributed by atoms with Crippen molar-refractivity contribution in [3.63, 3.8) is 0 Å². The predicted octanol–water partition coefficient (Wildman–Crippen LogP) is 3.85. The minimum absolute atomic E-state index is 0.0805. The molecule has 0 saturated carbocycles. The average Bonchev–Trinajstić information content (AvgIpc) is 2.66. The molecule has 0 aliphatic carbocycles. The highest BCUT2D eigenvalue weighted by atomic mass is 16.5. The Labute approximate surface area is 156 Å². The van der Waals surface area contributed by atoms with E-state index in [1.165, 1.54) is 22.3 Å². The summed E-state index contributed by atoms with van der Waals surface area (Å²) in [5.41, 5.74) is 11.8. The normalized spacial score (nSPS) is 18.3. The van der Waals surface area contributed by atoms with Crippen molar-refractivity contribution in [2.75, 3.05) is 20.8 Å². The van der Waals surface area contributed by atoms with Crippen molar-refractivity contribution in [2.45, 2.75) is 45.3 Å². The van der Waals surface area contributed by atoms with Crippen LogP contribution in [0.5, 0.6) is 11.5 Å². The molecule has 0 aromatic heterocycles. The molecule has 4 nitrogen and oxygen atoms in total. The van der Waals surface area contributed by atoms with E-state index in [4.69, 9.17) is 15.2 Å². The van der Waals surface area contributed by atoms with Gasteiger partial charge in [0.1, 0.15) is 0 Å². The summed E-state index contributed by atoms with van der Waals surface area (Å²) in [7, 11) is 3.37. The van der Waals surface area contributed by atoms with E-state index >= 15 is 0 Å². The molecule has 2 N–H and O–H groups in total. The van der Waals surface area contributed by atoms with Gasteiger partial charge in [-0.1, -0.05) is 36.8 Å². The first kappa shape index (κ1) is 18.7. The van der Waals surface area contributed by atoms with Gasteiger partial charge in [0.25, 0.3) is 0 Å². The van der Waals surface area contributed by atoms with E-state index in [9.17, 15) is 0 Å². The van der Waals surface area contributed by atoms with E-state index in [0.29, 0.717) is 0 Å². The third-order valence-electron chi connectivity index (χ3n) is 5.37. The molecule has 0 fully saturated rings. The lowest BCUT2D eigenvalue weighted by molar-refractivity contribution is 0.148. The Morgan fingerprint density at radius 3 is 2.54 bits per heavy atom. The van der Waals surface area contributed by atoms with Crippen LogP contribution in [0.1, 0.15) is 41.6 Å². The Morgan fingerprint density at radius 2 is 1.88 bits per heavy atom. The molecule has 0 amide bonds. The fourth-order valence-electron chi connectivity index (χ4n) is 3.98. The van der Waals surface area contributed by atoms with Crippen LogP contribution in [-0.4, -0.2) is 31.7 Å². The molecule has 2 aromatic rings. The minimum Gasteiger partial charge on any atom is -0.493 e. The molecule has 140 valence electrons. The average molecular weight is 354 g/mol. The summed E-state index contributed by atoms with van der Waals surface area (Å²) in [6.45, 7) is 6.20. The monoisotopic (exact) mass is 354 g/mol. The van der Waals surface area contributed by atoms with Crippen molar-refractivity contribution in [3.8, 4) is 11.5 Å². The minimum atomic E-state index is 0.0805. The Balaban J connectivity index is 1.98. The summed E-state index contributed by atoms with van der Waals surface area (Å²) >= 11 is 0. The number of nitrogens with two attached hydrogens (primary N) is 1. The number of methoxy groups -OCH3 is 2. The molecule has 3 rings (SSSR count). The number of fused-ring (bicyclic) bond motifs is 1. The van der Waals surface area contributed by atoms with Crippen LogP contribution in [0.15, 0.2) is 36.4 Å². The van der Waals surface area contributed by atoms with E-state index in [1.54, 1.807) is 14.2 Å². The summed E-state index contributed by atoms with van der Waals surface area (Å²) in [5, 5.41) is 0. The van der Waals surface area contributed by atoms with Gasteiger partial charge in [0, 0.05) is 19.1 Å². The molecule has 0 radical (unpaired) electrons. The molecule has 0 bridgehead atoms. The highest BCUT2D eigenvalue weighted by Gasteiger charge is 2.32. The third kappa shape index (κ3) is 3.71. The molecule has 0 saturated heterocycles. The van der Waals surface area contributed by atoms with E-state index in [-0.39, 0.29) is 12.1 Å². The van der Waals surface area contributed by atoms with Crippen LogP contribution in [0.3, 0.4) is 0 Å². The molecule has 1 aliphatic heterocycles. The van der Waals surface area contributed by atoms with Gasteiger partial charge in [0.05, 0.1) is 20.3 Å². The zero-order chi connectivity index (χ0) is 18.7. The second kappa shape index (κ2) is 8.11. The van der Waals surface area contributed by atoms with Crippen molar-refractivity contribution in [1.82, 2.24) is 4.90 Å². The van der Waals surface area contributed by atoms with Crippen LogP contribution in [0.4, 0.5) is 0 Å². The van der Waals surface area contributed by atoms with Crippen molar-refractivity contribution in [3.05, 3.63) is 58.7 Å². The van der Waals surface area contributed by atoms with Gasteiger partial charge in [0.2, 0.25) is 0 Å². The van der Waals surface area contributed by atoms with Gasteiger partial charge in [-0.2, -0.15) is 0 Å². The Hall–Kier alpha value is -2.04. The number of rotatable bonds is 6. The summed E-state index contributed by atoms with van der Waals surface area (Å²) in [5.74, 6) is 1.57. The van der Waals surface area contributed by atoms with Crippen LogP contribution in [-0.2, 0) is 13.0 Å². The van der Waals surface area contributed by atoms with Crippen LogP contribution < -0.4 is 15.2 Å². The molecule has 2 aromatic carbocycles. The Kier molecular flexibility index (Phi) is 5.84. The zero-order valence-corrected chi connectivity index (χ0v) is 16.3. The maximum absolute atomic E-state index is 6.58. The van der Waals surface area contributed by atoms with E-state index < -0.39 is 0 Å². The van der Waals surface area contributed by atoms with Crippen molar-refractivity contribution in [2.24, 2.45) is 5.73 Å². The van der Waals surface area contributed by atoms with Crippen LogP contribution >= 0.6 is 0 Å². The molecule has 0 unspecified atom stereocenters. The number of aryl methyl sites for hydroxylation is 1. The second-order valence-corrected chi connectivity index (χ2v) is 7.13. The lowest BCUT2D eigenvalue weighted by atomic mass is 9.86. The summed E-state index contributed by atoms with van der Waals surface area (Å²) in [6, 6.07) is 13.2. The third-order valence-corrected chi connectivity index (χ3v) is 5.37. The molecule has 0 spiro atoms. The van der Waals surface area contributed by atoms with Crippen molar-refractivity contribution >= 4 is 0 Å². The number of hydrogen-bond donors (Lipinski definition) is 1. The first-order valence-corrected chi connectivity index (χ1v) is 9.37. The van der Waals surface area contributed by atoms with Crippen LogP contribution in [0.25, 0.3) is 0 Å². The summed E-state index contributed by atoms with van der Waals surface area (Å²) < 4.78 is 11.0. The molecule has 26 heavy (non-hydrogen) atoms. The van der Waals surface area contributed by atoms with Gasteiger partial charge in [-0.25, -0.2) is 0 Å². The van der Waals surface area contributed by atoms with Gasteiger partial charge < -0.3 is 15.2 Å². The molecule has 1 heterocycles. The SMILES string of the molecule is CC[C@@H](N)[C@@H]1c2cc(OC)c(OC)cc2CCN1Cc1cccc(C)c1. The fraction of sp³-hybridized carbons (Fsp3) is 0.455. The van der Waals surface area contributed by atoms with Crippen LogP contribution in [0.2, 0.25) is 0 Å². The van der Waals surface area contributed by atoms with Crippen molar-refractivity contribution < 1.29 is 9.47 Å². The predicted molar refractivity (Wildman–Crippen MR) is 106 cm³/mol. The fourth-order valence-corrected chi connectivity index (χ4v) is 3.98. The van der Waals surface area contributed by atoms with Gasteiger partial charge in [0.15, 0.2) is 11.5 Å². The summed E-state index contributed by atoms with van der Waals surface area (Å²) in [4.78, 5) is 2.51. The van der Waals surface area contributed by atoms with Gasteiger partial charge in [-0.15, -0.1) is 0 Å². The first-order valence-electron chi connectivity index (χ1n) is 9.37. The molecular weight excluding hydrogens is 324 g/mol. The van der Waals surface area contributed by atoms with E-state index in [2.05, 4.69) is 55.1 Å².